The fourth-order valence-corrected chi connectivity index (χ4v) is 6.52. The molecule has 0 atom stereocenters. The van der Waals surface area contributed by atoms with Crippen molar-refractivity contribution in [3.8, 4) is 0 Å². The number of nitrogens with zero attached hydrogens (tertiary/aromatic N) is 4. The van der Waals surface area contributed by atoms with Crippen LogP contribution in [0.4, 0.5) is 5.69 Å². The summed E-state index contributed by atoms with van der Waals surface area (Å²) in [5.41, 5.74) is 9.21. The second-order valence-corrected chi connectivity index (χ2v) is 11.9. The van der Waals surface area contributed by atoms with Crippen LogP contribution in [0.2, 0.25) is 0 Å². The van der Waals surface area contributed by atoms with Gasteiger partial charge in [0.05, 0.1) is 5.57 Å². The lowest BCUT2D eigenvalue weighted by Crippen LogP contribution is -2.48. The average Bonchev–Trinajstić information content (AvgIpc) is 3.73. The number of carbonyl (C=O) groups is 1. The van der Waals surface area contributed by atoms with E-state index in [1.165, 1.54) is 43.5 Å². The van der Waals surface area contributed by atoms with Gasteiger partial charge in [0.2, 0.25) is 0 Å². The molecule has 1 amide bonds. The summed E-state index contributed by atoms with van der Waals surface area (Å²) in [6.45, 7) is 14.3. The van der Waals surface area contributed by atoms with E-state index in [1.807, 2.05) is 20.2 Å². The third kappa shape index (κ3) is 5.82. The van der Waals surface area contributed by atoms with Gasteiger partial charge in [0, 0.05) is 71.3 Å². The fraction of sp³-hybridized carbons (Fsp3) is 0.594. The van der Waals surface area contributed by atoms with Crippen molar-refractivity contribution >= 4 is 11.6 Å². The SMILES string of the molecule is C=C(C)C1=CC(C(=O)N(CCC)C2CCN(Cc3cc(C4CC4)c4c(c3)N(C)CCC4)CC2)=CN(C)C1. The molecule has 2 fully saturated rings. The largest absolute Gasteiger partial charge is 0.375 e. The number of rotatable bonds is 8. The Balaban J connectivity index is 1.25. The van der Waals surface area contributed by atoms with E-state index in [9.17, 15) is 4.79 Å². The second kappa shape index (κ2) is 11.1. The first-order chi connectivity index (χ1) is 17.8. The predicted octanol–water partition coefficient (Wildman–Crippen LogP) is 5.48. The minimum absolute atomic E-state index is 0.178. The van der Waals surface area contributed by atoms with Crippen LogP contribution in [-0.2, 0) is 17.8 Å². The van der Waals surface area contributed by atoms with Gasteiger partial charge in [0.1, 0.15) is 0 Å². The second-order valence-electron chi connectivity index (χ2n) is 11.9. The van der Waals surface area contributed by atoms with Crippen molar-refractivity contribution in [2.75, 3.05) is 51.7 Å². The fourth-order valence-electron chi connectivity index (χ4n) is 6.52. The highest BCUT2D eigenvalue weighted by atomic mass is 16.2. The monoisotopic (exact) mass is 502 g/mol. The number of hydrogen-bond acceptors (Lipinski definition) is 4. The quantitative estimate of drug-likeness (QED) is 0.471. The molecule has 5 heteroatoms. The number of piperidine rings is 1. The molecule has 0 spiro atoms. The molecule has 5 nitrogen and oxygen atoms in total. The highest BCUT2D eigenvalue weighted by Gasteiger charge is 2.32. The Morgan fingerprint density at radius 1 is 1.11 bits per heavy atom. The standard InChI is InChI=1S/C32H46N4O/c1-6-13-36(32(37)27-19-26(23(2)3)21-33(4)22-27)28-11-15-35(16-12-28)20-24-17-30(25-9-10-25)29-8-7-14-34(5)31(29)18-24/h17-19,22,25,28H,2,6-16,20-21H2,1,3-5H3. The minimum atomic E-state index is 0.178. The number of likely N-dealkylation sites (N-methyl/N-ethyl adjacent to an activating group) is 1. The Morgan fingerprint density at radius 2 is 1.86 bits per heavy atom. The third-order valence-electron chi connectivity index (χ3n) is 8.70. The number of likely N-dealkylation sites (tertiary alicyclic amines) is 1. The lowest BCUT2D eigenvalue weighted by Gasteiger charge is -2.39. The maximum atomic E-state index is 13.7. The van der Waals surface area contributed by atoms with E-state index in [-0.39, 0.29) is 5.91 Å². The van der Waals surface area contributed by atoms with Gasteiger partial charge >= 0.3 is 0 Å². The van der Waals surface area contributed by atoms with Crippen molar-refractivity contribution in [2.45, 2.75) is 77.3 Å². The van der Waals surface area contributed by atoms with Crippen molar-refractivity contribution in [1.29, 1.82) is 0 Å². The van der Waals surface area contributed by atoms with E-state index >= 15 is 0 Å². The maximum Gasteiger partial charge on any atom is 0.255 e. The molecular formula is C32H46N4O. The zero-order chi connectivity index (χ0) is 26.1. The number of fused-ring (bicyclic) bond motifs is 1. The maximum absolute atomic E-state index is 13.7. The summed E-state index contributed by atoms with van der Waals surface area (Å²) in [5, 5.41) is 0. The number of carbonyl (C=O) groups excluding carboxylic acids is 1. The minimum Gasteiger partial charge on any atom is -0.375 e. The summed E-state index contributed by atoms with van der Waals surface area (Å²) in [6.07, 6.45) is 12.4. The molecule has 3 aliphatic heterocycles. The lowest BCUT2D eigenvalue weighted by atomic mass is 9.91. The molecule has 0 bridgehead atoms. The van der Waals surface area contributed by atoms with Crippen molar-refractivity contribution in [1.82, 2.24) is 14.7 Å². The van der Waals surface area contributed by atoms with E-state index in [4.69, 9.17) is 0 Å². The molecule has 0 aromatic heterocycles. The van der Waals surface area contributed by atoms with Crippen molar-refractivity contribution < 1.29 is 4.79 Å². The van der Waals surface area contributed by atoms with Gasteiger partial charge in [-0.25, -0.2) is 0 Å². The van der Waals surface area contributed by atoms with Crippen molar-refractivity contribution in [2.24, 2.45) is 0 Å². The molecule has 37 heavy (non-hydrogen) atoms. The zero-order valence-corrected chi connectivity index (χ0v) is 23.6. The van der Waals surface area contributed by atoms with Gasteiger partial charge in [-0.3, -0.25) is 9.69 Å². The molecule has 4 aliphatic rings. The Labute approximate surface area is 224 Å². The van der Waals surface area contributed by atoms with Crippen molar-refractivity contribution in [3.63, 3.8) is 0 Å². The van der Waals surface area contributed by atoms with E-state index in [0.717, 1.165) is 74.6 Å². The lowest BCUT2D eigenvalue weighted by molar-refractivity contribution is -0.130. The van der Waals surface area contributed by atoms with Gasteiger partial charge in [-0.2, -0.15) is 0 Å². The Morgan fingerprint density at radius 3 is 2.54 bits per heavy atom. The predicted molar refractivity (Wildman–Crippen MR) is 154 cm³/mol. The van der Waals surface area contributed by atoms with Crippen molar-refractivity contribution in [3.05, 3.63) is 64.4 Å². The number of hydrogen-bond donors (Lipinski definition) is 0. The highest BCUT2D eigenvalue weighted by molar-refractivity contribution is 5.97. The average molecular weight is 503 g/mol. The van der Waals surface area contributed by atoms with Gasteiger partial charge in [-0.1, -0.05) is 25.1 Å². The molecule has 5 rings (SSSR count). The first-order valence-corrected chi connectivity index (χ1v) is 14.5. The molecule has 0 radical (unpaired) electrons. The topological polar surface area (TPSA) is 30.0 Å². The van der Waals surface area contributed by atoms with E-state index in [1.54, 1.807) is 11.1 Å². The van der Waals surface area contributed by atoms with Crippen LogP contribution in [0.5, 0.6) is 0 Å². The van der Waals surface area contributed by atoms with E-state index < -0.39 is 0 Å². The highest BCUT2D eigenvalue weighted by Crippen LogP contribution is 2.45. The Hall–Kier alpha value is -2.53. The summed E-state index contributed by atoms with van der Waals surface area (Å²) in [4.78, 5) is 23.0. The van der Waals surface area contributed by atoms with E-state index in [2.05, 4.69) is 58.4 Å². The molecule has 1 aliphatic carbocycles. The molecule has 0 N–H and O–H groups in total. The third-order valence-corrected chi connectivity index (χ3v) is 8.70. The number of anilines is 1. The molecule has 1 saturated carbocycles. The molecule has 1 aromatic rings. The smallest absolute Gasteiger partial charge is 0.255 e. The summed E-state index contributed by atoms with van der Waals surface area (Å²) in [5.74, 6) is 0.976. The van der Waals surface area contributed by atoms with Gasteiger partial charge in [-0.05, 0) is 92.2 Å². The molecule has 0 unspecified atom stereocenters. The molecular weight excluding hydrogens is 456 g/mol. The Bertz CT molecular complexity index is 1070. The van der Waals surface area contributed by atoms with Crippen LogP contribution < -0.4 is 4.90 Å². The van der Waals surface area contributed by atoms with Crippen LogP contribution in [0.1, 0.15) is 75.0 Å². The van der Waals surface area contributed by atoms with Crippen LogP contribution in [-0.4, -0.2) is 73.5 Å². The first kappa shape index (κ1) is 26.1. The Kier molecular flexibility index (Phi) is 7.80. The number of benzene rings is 1. The van der Waals surface area contributed by atoms with Crippen LogP contribution in [0, 0.1) is 0 Å². The van der Waals surface area contributed by atoms with Gasteiger partial charge in [0.15, 0.2) is 0 Å². The zero-order valence-electron chi connectivity index (χ0n) is 23.6. The molecule has 1 aromatic carbocycles. The van der Waals surface area contributed by atoms with E-state index in [0.29, 0.717) is 6.04 Å². The summed E-state index contributed by atoms with van der Waals surface area (Å²) in [7, 11) is 4.30. The first-order valence-electron chi connectivity index (χ1n) is 14.5. The summed E-state index contributed by atoms with van der Waals surface area (Å²) >= 11 is 0. The van der Waals surface area contributed by atoms with Gasteiger partial charge in [0.25, 0.3) is 5.91 Å². The normalized spacial score (nSPS) is 20.9. The van der Waals surface area contributed by atoms with Crippen LogP contribution in [0.3, 0.4) is 0 Å². The molecule has 3 heterocycles. The van der Waals surface area contributed by atoms with Crippen LogP contribution in [0.25, 0.3) is 0 Å². The van der Waals surface area contributed by atoms with Gasteiger partial charge in [-0.15, -0.1) is 0 Å². The molecule has 1 saturated heterocycles. The number of amides is 1. The van der Waals surface area contributed by atoms with Crippen LogP contribution >= 0.6 is 0 Å². The van der Waals surface area contributed by atoms with Crippen LogP contribution in [0.15, 0.2) is 47.7 Å². The summed E-state index contributed by atoms with van der Waals surface area (Å²) < 4.78 is 0. The summed E-state index contributed by atoms with van der Waals surface area (Å²) in [6, 6.07) is 5.32. The van der Waals surface area contributed by atoms with Gasteiger partial charge < -0.3 is 14.7 Å². The molecule has 200 valence electrons.